The molecule has 0 unspecified atom stereocenters. The second-order valence-corrected chi connectivity index (χ2v) is 3.65. The molecule has 3 N–H and O–H groups in total. The molecule has 5 heteroatoms. The van der Waals surface area contributed by atoms with Crippen molar-refractivity contribution in [2.45, 2.75) is 19.4 Å². The van der Waals surface area contributed by atoms with Crippen LogP contribution in [0.3, 0.4) is 0 Å². The largest absolute Gasteiger partial charge is 0.385 e. The predicted octanol–water partition coefficient (Wildman–Crippen LogP) is 0.434. The Morgan fingerprint density at radius 2 is 2.50 bits per heavy atom. The van der Waals surface area contributed by atoms with Gasteiger partial charge in [0.15, 0.2) is 0 Å². The molecule has 5 nitrogen and oxygen atoms in total. The zero-order chi connectivity index (χ0) is 10.1. The van der Waals surface area contributed by atoms with Crippen LogP contribution in [0.15, 0.2) is 6.20 Å². The SMILES string of the molecule is CNc1cnn(CC2CC2)c1C(N)=O. The molecule has 1 saturated carbocycles. The average molecular weight is 194 g/mol. The van der Waals surface area contributed by atoms with E-state index in [1.165, 1.54) is 12.8 Å². The molecule has 1 fully saturated rings. The highest BCUT2D eigenvalue weighted by Crippen LogP contribution is 2.31. The number of rotatable bonds is 4. The fourth-order valence-electron chi connectivity index (χ4n) is 1.51. The first-order chi connectivity index (χ1) is 6.72. The Kier molecular flexibility index (Phi) is 2.15. The zero-order valence-electron chi connectivity index (χ0n) is 8.16. The lowest BCUT2D eigenvalue weighted by molar-refractivity contribution is 0.0990. The highest BCUT2D eigenvalue weighted by Gasteiger charge is 2.25. The number of carbonyl (C=O) groups is 1. The van der Waals surface area contributed by atoms with E-state index in [1.807, 2.05) is 0 Å². The van der Waals surface area contributed by atoms with Crippen molar-refractivity contribution in [3.8, 4) is 0 Å². The van der Waals surface area contributed by atoms with Gasteiger partial charge < -0.3 is 11.1 Å². The minimum atomic E-state index is -0.424. The summed E-state index contributed by atoms with van der Waals surface area (Å²) < 4.78 is 1.70. The highest BCUT2D eigenvalue weighted by atomic mass is 16.1. The molecule has 0 aromatic carbocycles. The standard InChI is InChI=1S/C9H14N4O/c1-11-7-4-12-13(5-6-2-3-6)8(7)9(10)14/h4,6,11H,2-3,5H2,1H3,(H2,10,14). The second-order valence-electron chi connectivity index (χ2n) is 3.65. The molecule has 0 aliphatic heterocycles. The number of hydrogen-bond donors (Lipinski definition) is 2. The molecule has 1 heterocycles. The Morgan fingerprint density at radius 3 is 3.00 bits per heavy atom. The van der Waals surface area contributed by atoms with Crippen LogP contribution in [0.5, 0.6) is 0 Å². The van der Waals surface area contributed by atoms with Crippen LogP contribution in [0.25, 0.3) is 0 Å². The fourth-order valence-corrected chi connectivity index (χ4v) is 1.51. The van der Waals surface area contributed by atoms with Gasteiger partial charge >= 0.3 is 0 Å². The minimum Gasteiger partial charge on any atom is -0.385 e. The van der Waals surface area contributed by atoms with Crippen LogP contribution in [0, 0.1) is 5.92 Å². The van der Waals surface area contributed by atoms with Crippen LogP contribution in [-0.2, 0) is 6.54 Å². The molecule has 1 aromatic rings. The molecule has 1 aliphatic carbocycles. The molecular weight excluding hydrogens is 180 g/mol. The van der Waals surface area contributed by atoms with Crippen molar-refractivity contribution in [2.24, 2.45) is 11.7 Å². The number of carbonyl (C=O) groups excluding carboxylic acids is 1. The number of primary amides is 1. The lowest BCUT2D eigenvalue weighted by atomic mass is 10.3. The van der Waals surface area contributed by atoms with Crippen molar-refractivity contribution < 1.29 is 4.79 Å². The van der Waals surface area contributed by atoms with Crippen molar-refractivity contribution in [3.05, 3.63) is 11.9 Å². The summed E-state index contributed by atoms with van der Waals surface area (Å²) in [7, 11) is 1.75. The molecule has 2 rings (SSSR count). The van der Waals surface area contributed by atoms with Crippen LogP contribution in [0.4, 0.5) is 5.69 Å². The molecule has 1 aromatic heterocycles. The van der Waals surface area contributed by atoms with Gasteiger partial charge in [-0.15, -0.1) is 0 Å². The van der Waals surface area contributed by atoms with Crippen molar-refractivity contribution in [2.75, 3.05) is 12.4 Å². The number of nitrogens with two attached hydrogens (primary N) is 1. The number of nitrogens with one attached hydrogen (secondary N) is 1. The zero-order valence-corrected chi connectivity index (χ0v) is 8.16. The summed E-state index contributed by atoms with van der Waals surface area (Å²) in [6, 6.07) is 0. The first-order valence-electron chi connectivity index (χ1n) is 4.75. The average Bonchev–Trinajstić information content (AvgIpc) is 2.83. The Hall–Kier alpha value is -1.52. The van der Waals surface area contributed by atoms with Crippen LogP contribution in [-0.4, -0.2) is 22.7 Å². The molecule has 0 radical (unpaired) electrons. The number of anilines is 1. The third kappa shape index (κ3) is 1.57. The van der Waals surface area contributed by atoms with Crippen LogP contribution in [0.2, 0.25) is 0 Å². The van der Waals surface area contributed by atoms with Crippen molar-refractivity contribution in [1.29, 1.82) is 0 Å². The second kappa shape index (κ2) is 3.32. The summed E-state index contributed by atoms with van der Waals surface area (Å²) in [4.78, 5) is 11.2. The maximum absolute atomic E-state index is 11.2. The topological polar surface area (TPSA) is 72.9 Å². The number of aromatic nitrogens is 2. The van der Waals surface area contributed by atoms with Gasteiger partial charge in [-0.25, -0.2) is 0 Å². The van der Waals surface area contributed by atoms with E-state index in [2.05, 4.69) is 10.4 Å². The molecule has 0 spiro atoms. The molecule has 0 saturated heterocycles. The molecule has 1 aliphatic rings. The Balaban J connectivity index is 2.28. The van der Waals surface area contributed by atoms with E-state index < -0.39 is 5.91 Å². The van der Waals surface area contributed by atoms with Crippen molar-refractivity contribution >= 4 is 11.6 Å². The quantitative estimate of drug-likeness (QED) is 0.730. The first kappa shape index (κ1) is 9.05. The fraction of sp³-hybridized carbons (Fsp3) is 0.556. The lowest BCUT2D eigenvalue weighted by Crippen LogP contribution is -2.19. The molecular formula is C9H14N4O. The monoisotopic (exact) mass is 194 g/mol. The summed E-state index contributed by atoms with van der Waals surface area (Å²) in [5.41, 5.74) is 6.48. The van der Waals surface area contributed by atoms with Gasteiger partial charge in [-0.2, -0.15) is 5.10 Å². The van der Waals surface area contributed by atoms with E-state index in [4.69, 9.17) is 5.73 Å². The highest BCUT2D eigenvalue weighted by molar-refractivity contribution is 5.96. The van der Waals surface area contributed by atoms with E-state index in [9.17, 15) is 4.79 Å². The van der Waals surface area contributed by atoms with E-state index in [0.717, 1.165) is 6.54 Å². The third-order valence-corrected chi connectivity index (χ3v) is 2.47. The molecule has 0 bridgehead atoms. The van der Waals surface area contributed by atoms with E-state index in [1.54, 1.807) is 17.9 Å². The van der Waals surface area contributed by atoms with Gasteiger partial charge in [0, 0.05) is 13.6 Å². The van der Waals surface area contributed by atoms with E-state index in [-0.39, 0.29) is 0 Å². The van der Waals surface area contributed by atoms with Crippen molar-refractivity contribution in [1.82, 2.24) is 9.78 Å². The Morgan fingerprint density at radius 1 is 1.79 bits per heavy atom. The summed E-state index contributed by atoms with van der Waals surface area (Å²) in [6.45, 7) is 0.806. The maximum Gasteiger partial charge on any atom is 0.269 e. The van der Waals surface area contributed by atoms with Crippen LogP contribution >= 0.6 is 0 Å². The smallest absolute Gasteiger partial charge is 0.269 e. The van der Waals surface area contributed by atoms with Gasteiger partial charge in [-0.05, 0) is 18.8 Å². The summed E-state index contributed by atoms with van der Waals surface area (Å²) >= 11 is 0. The Labute approximate surface area is 82.3 Å². The van der Waals surface area contributed by atoms with Gasteiger partial charge in [0.1, 0.15) is 5.69 Å². The number of amides is 1. The number of hydrogen-bond acceptors (Lipinski definition) is 3. The third-order valence-electron chi connectivity index (χ3n) is 2.47. The van der Waals surface area contributed by atoms with Crippen molar-refractivity contribution in [3.63, 3.8) is 0 Å². The van der Waals surface area contributed by atoms with E-state index in [0.29, 0.717) is 17.3 Å². The molecule has 0 atom stereocenters. The number of nitrogens with zero attached hydrogens (tertiary/aromatic N) is 2. The summed E-state index contributed by atoms with van der Waals surface area (Å²) in [5.74, 6) is 0.255. The lowest BCUT2D eigenvalue weighted by Gasteiger charge is -2.04. The molecule has 14 heavy (non-hydrogen) atoms. The van der Waals surface area contributed by atoms with Gasteiger partial charge in [0.2, 0.25) is 0 Å². The molecule has 76 valence electrons. The van der Waals surface area contributed by atoms with Gasteiger partial charge in [0.05, 0.1) is 11.9 Å². The van der Waals surface area contributed by atoms with Gasteiger partial charge in [-0.1, -0.05) is 0 Å². The maximum atomic E-state index is 11.2. The predicted molar refractivity (Wildman–Crippen MR) is 53.0 cm³/mol. The van der Waals surface area contributed by atoms with Gasteiger partial charge in [-0.3, -0.25) is 9.48 Å². The minimum absolute atomic E-state index is 0.424. The van der Waals surface area contributed by atoms with Crippen LogP contribution in [0.1, 0.15) is 23.3 Å². The normalized spacial score (nSPS) is 15.5. The van der Waals surface area contributed by atoms with Gasteiger partial charge in [0.25, 0.3) is 5.91 Å². The Bertz CT molecular complexity index is 354. The first-order valence-corrected chi connectivity index (χ1v) is 4.75. The summed E-state index contributed by atoms with van der Waals surface area (Å²) in [6.07, 6.45) is 4.10. The van der Waals surface area contributed by atoms with E-state index >= 15 is 0 Å². The molecule has 1 amide bonds. The summed E-state index contributed by atoms with van der Waals surface area (Å²) in [5, 5.41) is 7.05. The van der Waals surface area contributed by atoms with Crippen LogP contribution < -0.4 is 11.1 Å².